The van der Waals surface area contributed by atoms with Gasteiger partial charge in [-0.15, -0.1) is 0 Å². The molecule has 2 N–H and O–H groups in total. The van der Waals surface area contributed by atoms with E-state index in [0.29, 0.717) is 27.4 Å². The molecule has 0 fully saturated rings. The summed E-state index contributed by atoms with van der Waals surface area (Å²) >= 11 is 22.6. The number of amides is 1. The maximum absolute atomic E-state index is 11.8. The lowest BCUT2D eigenvalue weighted by Crippen LogP contribution is -2.26. The van der Waals surface area contributed by atoms with Crippen molar-refractivity contribution in [1.82, 2.24) is 4.98 Å². The Kier molecular flexibility index (Phi) is 4.77. The van der Waals surface area contributed by atoms with Gasteiger partial charge in [0.2, 0.25) is 5.89 Å². The van der Waals surface area contributed by atoms with Crippen molar-refractivity contribution in [1.29, 1.82) is 0 Å². The van der Waals surface area contributed by atoms with Gasteiger partial charge in [-0.3, -0.25) is 4.79 Å². The lowest BCUT2D eigenvalue weighted by Gasteiger charge is -2.13. The molecular formula is C16H10Cl4N2O3. The van der Waals surface area contributed by atoms with E-state index in [1.807, 2.05) is 0 Å². The molecule has 0 aliphatic carbocycles. The summed E-state index contributed by atoms with van der Waals surface area (Å²) in [7, 11) is 0. The average Bonchev–Trinajstić information content (AvgIpc) is 2.92. The van der Waals surface area contributed by atoms with Gasteiger partial charge in [-0.25, -0.2) is 4.98 Å². The van der Waals surface area contributed by atoms with Crippen molar-refractivity contribution in [2.24, 2.45) is 0 Å². The molecule has 9 heteroatoms. The van der Waals surface area contributed by atoms with Crippen LogP contribution in [0.25, 0.3) is 22.6 Å². The Morgan fingerprint density at radius 3 is 2.64 bits per heavy atom. The predicted octanol–water partition coefficient (Wildman–Crippen LogP) is 5.47. The van der Waals surface area contributed by atoms with Crippen molar-refractivity contribution in [3.05, 3.63) is 40.9 Å². The molecule has 1 heterocycles. The third-order valence-electron chi connectivity index (χ3n) is 3.40. The lowest BCUT2D eigenvalue weighted by atomic mass is 10.1. The van der Waals surface area contributed by atoms with E-state index in [1.165, 1.54) is 12.1 Å². The van der Waals surface area contributed by atoms with Crippen LogP contribution in [0.15, 0.2) is 34.7 Å². The highest BCUT2D eigenvalue weighted by Gasteiger charge is 2.31. The number of alkyl halides is 3. The summed E-state index contributed by atoms with van der Waals surface area (Å²) in [6.07, 6.45) is 0. The van der Waals surface area contributed by atoms with Crippen molar-refractivity contribution in [2.45, 2.75) is 10.7 Å². The van der Waals surface area contributed by atoms with Crippen LogP contribution >= 0.6 is 46.4 Å². The molecule has 0 bridgehead atoms. The Labute approximate surface area is 162 Å². The highest BCUT2D eigenvalue weighted by atomic mass is 35.6. The second-order valence-electron chi connectivity index (χ2n) is 5.27. The molecule has 3 rings (SSSR count). The number of carbonyl (C=O) groups excluding carboxylic acids is 1. The third-order valence-corrected chi connectivity index (χ3v) is 4.15. The lowest BCUT2D eigenvalue weighted by molar-refractivity contribution is -0.115. The molecule has 0 saturated heterocycles. The van der Waals surface area contributed by atoms with Crippen LogP contribution in [0, 0.1) is 6.92 Å². The zero-order valence-corrected chi connectivity index (χ0v) is 15.6. The number of fused-ring (bicyclic) bond motifs is 1. The SMILES string of the molecule is Cc1cc(NC(=O)C(Cl)(Cl)Cl)cc(-c2nc3cc(Cl)ccc3o2)c1O. The first-order valence-electron chi connectivity index (χ1n) is 6.93. The van der Waals surface area contributed by atoms with Crippen LogP contribution in [0.4, 0.5) is 5.69 Å². The maximum atomic E-state index is 11.8. The Hall–Kier alpha value is -1.66. The van der Waals surface area contributed by atoms with E-state index in [0.717, 1.165) is 0 Å². The summed E-state index contributed by atoms with van der Waals surface area (Å²) in [5.74, 6) is -0.690. The average molecular weight is 420 g/mol. The molecule has 25 heavy (non-hydrogen) atoms. The van der Waals surface area contributed by atoms with Crippen LogP contribution in [0.1, 0.15) is 5.56 Å². The van der Waals surface area contributed by atoms with E-state index < -0.39 is 9.70 Å². The smallest absolute Gasteiger partial charge is 0.276 e. The van der Waals surface area contributed by atoms with Crippen LogP contribution in [-0.2, 0) is 4.79 Å². The van der Waals surface area contributed by atoms with Crippen molar-refractivity contribution in [2.75, 3.05) is 5.32 Å². The molecule has 2 aromatic carbocycles. The highest BCUT2D eigenvalue weighted by Crippen LogP contribution is 2.37. The van der Waals surface area contributed by atoms with Gasteiger partial charge >= 0.3 is 0 Å². The minimum Gasteiger partial charge on any atom is -0.507 e. The van der Waals surface area contributed by atoms with Gasteiger partial charge < -0.3 is 14.8 Å². The quantitative estimate of drug-likeness (QED) is 0.426. The zero-order valence-electron chi connectivity index (χ0n) is 12.6. The number of nitrogens with one attached hydrogen (secondary N) is 1. The van der Waals surface area contributed by atoms with Gasteiger partial charge in [-0.1, -0.05) is 46.4 Å². The fourth-order valence-electron chi connectivity index (χ4n) is 2.23. The molecule has 1 amide bonds. The summed E-state index contributed by atoms with van der Waals surface area (Å²) < 4.78 is 3.54. The number of phenolic OH excluding ortho intramolecular Hbond substituents is 1. The second-order valence-corrected chi connectivity index (χ2v) is 7.99. The number of halogens is 4. The van der Waals surface area contributed by atoms with Crippen LogP contribution in [0.5, 0.6) is 5.75 Å². The van der Waals surface area contributed by atoms with E-state index in [2.05, 4.69) is 10.3 Å². The van der Waals surface area contributed by atoms with Crippen molar-refractivity contribution in [3.8, 4) is 17.2 Å². The topological polar surface area (TPSA) is 75.4 Å². The molecule has 0 atom stereocenters. The Morgan fingerprint density at radius 2 is 1.96 bits per heavy atom. The monoisotopic (exact) mass is 418 g/mol. The molecule has 0 aliphatic heterocycles. The molecule has 5 nitrogen and oxygen atoms in total. The van der Waals surface area contributed by atoms with Crippen LogP contribution < -0.4 is 5.32 Å². The van der Waals surface area contributed by atoms with Gasteiger partial charge in [0.25, 0.3) is 9.70 Å². The van der Waals surface area contributed by atoms with E-state index in [-0.39, 0.29) is 17.2 Å². The molecule has 0 aliphatic rings. The number of carbonyl (C=O) groups is 1. The van der Waals surface area contributed by atoms with Crippen molar-refractivity contribution < 1.29 is 14.3 Å². The highest BCUT2D eigenvalue weighted by molar-refractivity contribution is 6.76. The molecular weight excluding hydrogens is 410 g/mol. The van der Waals surface area contributed by atoms with Crippen LogP contribution in [0.2, 0.25) is 5.02 Å². The predicted molar refractivity (Wildman–Crippen MR) is 99.8 cm³/mol. The molecule has 0 spiro atoms. The first-order chi connectivity index (χ1) is 11.6. The van der Waals surface area contributed by atoms with Gasteiger partial charge in [0.05, 0.1) is 5.56 Å². The normalized spacial score (nSPS) is 11.7. The molecule has 0 unspecified atom stereocenters. The number of hydrogen-bond acceptors (Lipinski definition) is 4. The fraction of sp³-hybridized carbons (Fsp3) is 0.125. The number of nitrogens with zero attached hydrogens (tertiary/aromatic N) is 1. The van der Waals surface area contributed by atoms with Gasteiger partial charge in [0, 0.05) is 10.7 Å². The number of aromatic hydroxyl groups is 1. The van der Waals surface area contributed by atoms with E-state index in [9.17, 15) is 9.90 Å². The molecule has 3 aromatic rings. The minimum atomic E-state index is -2.11. The van der Waals surface area contributed by atoms with Gasteiger partial charge in [-0.05, 0) is 42.8 Å². The second kappa shape index (κ2) is 6.57. The first-order valence-corrected chi connectivity index (χ1v) is 8.44. The summed E-state index contributed by atoms with van der Waals surface area (Å²) in [4.78, 5) is 16.1. The zero-order chi connectivity index (χ0) is 18.4. The largest absolute Gasteiger partial charge is 0.507 e. The summed E-state index contributed by atoms with van der Waals surface area (Å²) in [5.41, 5.74) is 2.13. The number of oxazole rings is 1. The number of hydrogen-bond donors (Lipinski definition) is 2. The van der Waals surface area contributed by atoms with E-state index in [1.54, 1.807) is 25.1 Å². The van der Waals surface area contributed by atoms with Gasteiger partial charge in [0.15, 0.2) is 5.58 Å². The number of phenols is 1. The number of rotatable bonds is 2. The van der Waals surface area contributed by atoms with Crippen LogP contribution in [-0.4, -0.2) is 19.8 Å². The number of benzene rings is 2. The third kappa shape index (κ3) is 3.80. The maximum Gasteiger partial charge on any atom is 0.276 e. The number of anilines is 1. The fourth-order valence-corrected chi connectivity index (χ4v) is 2.54. The van der Waals surface area contributed by atoms with Crippen molar-refractivity contribution in [3.63, 3.8) is 0 Å². The minimum absolute atomic E-state index is 0.0375. The van der Waals surface area contributed by atoms with Gasteiger partial charge in [0.1, 0.15) is 11.3 Å². The Bertz CT molecular complexity index is 979. The standard InChI is InChI=1S/C16H10Cl4N2O3/c1-7-4-9(21-15(24)16(18,19)20)6-10(13(7)23)14-22-11-5-8(17)2-3-12(11)25-14/h2-6,23H,1H3,(H,21,24). The summed E-state index contributed by atoms with van der Waals surface area (Å²) in [6.45, 7) is 1.66. The molecule has 130 valence electrons. The van der Waals surface area contributed by atoms with Gasteiger partial charge in [-0.2, -0.15) is 0 Å². The Morgan fingerprint density at radius 1 is 1.24 bits per heavy atom. The molecule has 0 saturated carbocycles. The number of aromatic nitrogens is 1. The first kappa shape index (κ1) is 18.1. The Balaban J connectivity index is 2.06. The van der Waals surface area contributed by atoms with E-state index >= 15 is 0 Å². The van der Waals surface area contributed by atoms with Crippen molar-refractivity contribution >= 4 is 69.1 Å². The summed E-state index contributed by atoms with van der Waals surface area (Å²) in [6, 6.07) is 7.99. The number of aryl methyl sites for hydroxylation is 1. The molecule has 1 aromatic heterocycles. The summed E-state index contributed by atoms with van der Waals surface area (Å²) in [5, 5.41) is 13.3. The van der Waals surface area contributed by atoms with Crippen LogP contribution in [0.3, 0.4) is 0 Å². The molecule has 0 radical (unpaired) electrons. The van der Waals surface area contributed by atoms with E-state index in [4.69, 9.17) is 50.8 Å².